The van der Waals surface area contributed by atoms with Crippen LogP contribution in [0.3, 0.4) is 0 Å². The van der Waals surface area contributed by atoms with E-state index in [0.29, 0.717) is 22.6 Å². The van der Waals surface area contributed by atoms with Gasteiger partial charge in [0.05, 0.1) is 43.7 Å². The molecule has 9 heteroatoms. The van der Waals surface area contributed by atoms with Crippen molar-refractivity contribution >= 4 is 29.4 Å². The van der Waals surface area contributed by atoms with E-state index < -0.39 is 11.9 Å². The Bertz CT molecular complexity index is 1010. The summed E-state index contributed by atoms with van der Waals surface area (Å²) in [5.41, 5.74) is 1.04. The quantitative estimate of drug-likeness (QED) is 0.510. The van der Waals surface area contributed by atoms with Gasteiger partial charge >= 0.3 is 5.97 Å². The summed E-state index contributed by atoms with van der Waals surface area (Å²) in [7, 11) is 4.09. The fraction of sp³-hybridized carbons (Fsp3) is 0.273. The minimum Gasteiger partial charge on any atom is -0.493 e. The lowest BCUT2D eigenvalue weighted by molar-refractivity contribution is -0.116. The smallest absolute Gasteiger partial charge is 0.340 e. The maximum Gasteiger partial charge on any atom is 0.340 e. The molecule has 31 heavy (non-hydrogen) atoms. The molecular formula is C22H22N2O7. The Morgan fingerprint density at radius 1 is 0.935 bits per heavy atom. The van der Waals surface area contributed by atoms with E-state index in [1.54, 1.807) is 24.3 Å². The van der Waals surface area contributed by atoms with Gasteiger partial charge in [0, 0.05) is 25.1 Å². The van der Waals surface area contributed by atoms with Crippen LogP contribution in [0, 0.1) is 0 Å². The molecule has 162 valence electrons. The van der Waals surface area contributed by atoms with E-state index >= 15 is 0 Å². The highest BCUT2D eigenvalue weighted by atomic mass is 16.5. The normalized spacial score (nSPS) is 12.4. The second-order valence-corrected chi connectivity index (χ2v) is 6.70. The average molecular weight is 426 g/mol. The van der Waals surface area contributed by atoms with Crippen LogP contribution in [0.4, 0.5) is 5.69 Å². The molecule has 0 unspecified atom stereocenters. The lowest BCUT2D eigenvalue weighted by Crippen LogP contribution is -2.31. The molecule has 3 rings (SSSR count). The van der Waals surface area contributed by atoms with Crippen LogP contribution >= 0.6 is 0 Å². The van der Waals surface area contributed by atoms with E-state index in [9.17, 15) is 19.2 Å². The average Bonchev–Trinajstić information content (AvgIpc) is 3.03. The zero-order valence-corrected chi connectivity index (χ0v) is 17.4. The van der Waals surface area contributed by atoms with Crippen molar-refractivity contribution in [3.63, 3.8) is 0 Å². The number of hydrogen-bond donors (Lipinski definition) is 1. The summed E-state index contributed by atoms with van der Waals surface area (Å²) in [5.74, 6) is -1.14. The molecule has 0 aliphatic carbocycles. The predicted molar refractivity (Wildman–Crippen MR) is 111 cm³/mol. The second-order valence-electron chi connectivity index (χ2n) is 6.70. The van der Waals surface area contributed by atoms with Crippen LogP contribution in [0.1, 0.15) is 43.9 Å². The highest BCUT2D eigenvalue weighted by Crippen LogP contribution is 2.34. The number of carbonyl (C=O) groups is 4. The number of esters is 1. The zero-order valence-electron chi connectivity index (χ0n) is 17.4. The fourth-order valence-corrected chi connectivity index (χ4v) is 3.31. The van der Waals surface area contributed by atoms with E-state index in [1.807, 2.05) is 0 Å². The largest absolute Gasteiger partial charge is 0.493 e. The molecule has 0 fully saturated rings. The number of nitrogens with one attached hydrogen (secondary N) is 1. The van der Waals surface area contributed by atoms with Crippen molar-refractivity contribution in [3.8, 4) is 11.5 Å². The Morgan fingerprint density at radius 3 is 2.06 bits per heavy atom. The molecule has 0 aromatic heterocycles. The van der Waals surface area contributed by atoms with Gasteiger partial charge in [-0.1, -0.05) is 12.1 Å². The lowest BCUT2D eigenvalue weighted by Gasteiger charge is -2.15. The third-order valence-corrected chi connectivity index (χ3v) is 4.87. The molecule has 1 N–H and O–H groups in total. The standard InChI is InChI=1S/C22H22N2O7/c1-29-17-11-15(22(28)31-3)16(12-18(17)30-2)23-19(25)9-6-10-24-20(26)13-7-4-5-8-14(13)21(24)27/h4-5,7-8,11-12H,6,9-10H2,1-3H3,(H,23,25). The number of carbonyl (C=O) groups excluding carboxylic acids is 4. The third-order valence-electron chi connectivity index (χ3n) is 4.87. The Balaban J connectivity index is 1.66. The van der Waals surface area contributed by atoms with Crippen LogP contribution in [-0.2, 0) is 9.53 Å². The van der Waals surface area contributed by atoms with Crippen LogP contribution in [0.2, 0.25) is 0 Å². The number of anilines is 1. The van der Waals surface area contributed by atoms with Crippen LogP contribution in [0.25, 0.3) is 0 Å². The molecule has 1 aliphatic rings. The first-order valence-electron chi connectivity index (χ1n) is 9.50. The zero-order chi connectivity index (χ0) is 22.5. The first kappa shape index (κ1) is 21.8. The predicted octanol–water partition coefficient (Wildman–Crippen LogP) is 2.51. The molecular weight excluding hydrogens is 404 g/mol. The Hall–Kier alpha value is -3.88. The fourth-order valence-electron chi connectivity index (χ4n) is 3.31. The van der Waals surface area contributed by atoms with Gasteiger partial charge < -0.3 is 19.5 Å². The van der Waals surface area contributed by atoms with Crippen molar-refractivity contribution in [1.29, 1.82) is 0 Å². The van der Waals surface area contributed by atoms with Crippen LogP contribution in [0.5, 0.6) is 11.5 Å². The highest BCUT2D eigenvalue weighted by Gasteiger charge is 2.34. The Kier molecular flexibility index (Phi) is 6.54. The number of ether oxygens (including phenoxy) is 3. The van der Waals surface area contributed by atoms with Gasteiger partial charge in [-0.25, -0.2) is 4.79 Å². The molecule has 1 heterocycles. The van der Waals surface area contributed by atoms with Crippen molar-refractivity contribution < 1.29 is 33.4 Å². The number of nitrogens with zero attached hydrogens (tertiary/aromatic N) is 1. The highest BCUT2D eigenvalue weighted by molar-refractivity contribution is 6.21. The number of hydrogen-bond acceptors (Lipinski definition) is 7. The van der Waals surface area contributed by atoms with E-state index in [-0.39, 0.29) is 42.5 Å². The van der Waals surface area contributed by atoms with Crippen LogP contribution in [-0.4, -0.2) is 56.5 Å². The van der Waals surface area contributed by atoms with Gasteiger partial charge in [0.15, 0.2) is 11.5 Å². The van der Waals surface area contributed by atoms with Gasteiger partial charge in [-0.05, 0) is 18.6 Å². The number of fused-ring (bicyclic) bond motifs is 1. The Morgan fingerprint density at radius 2 is 1.52 bits per heavy atom. The number of imide groups is 1. The van der Waals surface area contributed by atoms with Crippen molar-refractivity contribution in [2.24, 2.45) is 0 Å². The minimum atomic E-state index is -0.651. The molecule has 0 radical (unpaired) electrons. The molecule has 0 spiro atoms. The molecule has 0 saturated carbocycles. The second kappa shape index (κ2) is 9.29. The molecule has 0 saturated heterocycles. The molecule has 2 aromatic carbocycles. The molecule has 3 amide bonds. The topological polar surface area (TPSA) is 111 Å². The number of benzene rings is 2. The van der Waals surface area contributed by atoms with Crippen molar-refractivity contribution in [1.82, 2.24) is 4.90 Å². The Labute approximate surface area is 178 Å². The maximum atomic E-state index is 12.5. The van der Waals surface area contributed by atoms with Gasteiger partial charge in [-0.2, -0.15) is 0 Å². The van der Waals surface area contributed by atoms with Gasteiger partial charge in [0.25, 0.3) is 11.8 Å². The molecule has 9 nitrogen and oxygen atoms in total. The van der Waals surface area contributed by atoms with Crippen LogP contribution < -0.4 is 14.8 Å². The van der Waals surface area contributed by atoms with E-state index in [4.69, 9.17) is 14.2 Å². The first-order chi connectivity index (χ1) is 14.9. The molecule has 2 aromatic rings. The molecule has 1 aliphatic heterocycles. The van der Waals surface area contributed by atoms with Gasteiger partial charge in [0.2, 0.25) is 5.91 Å². The summed E-state index contributed by atoms with van der Waals surface area (Å²) < 4.78 is 15.2. The summed E-state index contributed by atoms with van der Waals surface area (Å²) in [6, 6.07) is 9.49. The van der Waals surface area contributed by atoms with Crippen molar-refractivity contribution in [3.05, 3.63) is 53.1 Å². The lowest BCUT2D eigenvalue weighted by atomic mass is 10.1. The first-order valence-corrected chi connectivity index (χ1v) is 9.50. The van der Waals surface area contributed by atoms with E-state index in [1.165, 1.54) is 33.5 Å². The molecule has 0 atom stereocenters. The summed E-state index contributed by atoms with van der Waals surface area (Å²) in [6.07, 6.45) is 0.292. The summed E-state index contributed by atoms with van der Waals surface area (Å²) in [4.78, 5) is 50.5. The van der Waals surface area contributed by atoms with E-state index in [2.05, 4.69) is 5.32 Å². The van der Waals surface area contributed by atoms with E-state index in [0.717, 1.165) is 4.90 Å². The monoisotopic (exact) mass is 426 g/mol. The maximum absolute atomic E-state index is 12.5. The summed E-state index contributed by atoms with van der Waals surface area (Å²) >= 11 is 0. The van der Waals surface area contributed by atoms with Gasteiger partial charge in [-0.3, -0.25) is 19.3 Å². The summed E-state index contributed by atoms with van der Waals surface area (Å²) in [5, 5.41) is 2.65. The van der Waals surface area contributed by atoms with Crippen molar-refractivity contribution in [2.45, 2.75) is 12.8 Å². The van der Waals surface area contributed by atoms with Gasteiger partial charge in [-0.15, -0.1) is 0 Å². The number of rotatable bonds is 8. The van der Waals surface area contributed by atoms with Crippen molar-refractivity contribution in [2.75, 3.05) is 33.2 Å². The number of methoxy groups -OCH3 is 3. The third kappa shape index (κ3) is 4.35. The summed E-state index contributed by atoms with van der Waals surface area (Å²) in [6.45, 7) is 0.107. The molecule has 0 bridgehead atoms. The van der Waals surface area contributed by atoms with Crippen LogP contribution in [0.15, 0.2) is 36.4 Å². The minimum absolute atomic E-state index is 0.0301. The number of amides is 3. The SMILES string of the molecule is COC(=O)c1cc(OC)c(OC)cc1NC(=O)CCCN1C(=O)c2ccccc2C1=O. The van der Waals surface area contributed by atoms with Gasteiger partial charge in [0.1, 0.15) is 0 Å².